The van der Waals surface area contributed by atoms with E-state index in [1.807, 2.05) is 44.2 Å². The molecule has 4 rings (SSSR count). The van der Waals surface area contributed by atoms with Crippen LogP contribution in [-0.2, 0) is 4.79 Å². The second-order valence-electron chi connectivity index (χ2n) is 8.31. The van der Waals surface area contributed by atoms with Crippen molar-refractivity contribution in [2.24, 2.45) is 5.92 Å². The molecule has 1 aliphatic rings. The Kier molecular flexibility index (Phi) is 6.40. The summed E-state index contributed by atoms with van der Waals surface area (Å²) in [5.74, 6) is 1.52. The maximum Gasteiger partial charge on any atom is 0.247 e. The monoisotopic (exact) mass is 468 g/mol. The molecule has 0 bridgehead atoms. The zero-order valence-electron chi connectivity index (χ0n) is 18.7. The molecule has 32 heavy (non-hydrogen) atoms. The van der Waals surface area contributed by atoms with E-state index in [-0.39, 0.29) is 5.91 Å². The van der Waals surface area contributed by atoms with Gasteiger partial charge >= 0.3 is 0 Å². The third-order valence-electron chi connectivity index (χ3n) is 5.09. The van der Waals surface area contributed by atoms with Gasteiger partial charge in [-0.25, -0.2) is 0 Å². The van der Waals surface area contributed by atoms with Crippen LogP contribution < -0.4 is 9.64 Å². The molecule has 3 aromatic rings. The van der Waals surface area contributed by atoms with Crippen LogP contribution in [0.1, 0.15) is 43.7 Å². The average molecular weight is 469 g/mol. The molecule has 0 spiro atoms. The van der Waals surface area contributed by atoms with Gasteiger partial charge in [0, 0.05) is 28.8 Å². The maximum atomic E-state index is 13.0. The molecule has 0 fully saturated rings. The molecule has 1 atom stereocenters. The molecule has 0 N–H and O–H groups in total. The number of ether oxygens (including phenoxy) is 1. The quantitative estimate of drug-likeness (QED) is 0.437. The van der Waals surface area contributed by atoms with Gasteiger partial charge in [0.15, 0.2) is 5.69 Å². The third-order valence-corrected chi connectivity index (χ3v) is 6.70. The number of hydrogen-bond acceptors (Lipinski definition) is 6. The van der Waals surface area contributed by atoms with Gasteiger partial charge in [0.1, 0.15) is 0 Å². The molecular formula is C24H25ClN4O2S. The van der Waals surface area contributed by atoms with E-state index in [0.717, 1.165) is 28.1 Å². The predicted molar refractivity (Wildman–Crippen MR) is 128 cm³/mol. The maximum absolute atomic E-state index is 13.0. The van der Waals surface area contributed by atoms with Crippen LogP contribution >= 0.6 is 23.4 Å². The molecular weight excluding hydrogens is 444 g/mol. The van der Waals surface area contributed by atoms with Crippen LogP contribution in [0.2, 0.25) is 5.02 Å². The minimum Gasteiger partial charge on any atom is -0.447 e. The number of aromatic nitrogens is 3. The van der Waals surface area contributed by atoms with Crippen molar-refractivity contribution in [3.8, 4) is 17.1 Å². The van der Waals surface area contributed by atoms with Crippen LogP contribution in [0, 0.1) is 19.8 Å². The molecule has 6 nitrogen and oxygen atoms in total. The molecule has 1 aromatic heterocycles. The van der Waals surface area contributed by atoms with E-state index < -0.39 is 6.23 Å². The fourth-order valence-corrected chi connectivity index (χ4v) is 4.75. The van der Waals surface area contributed by atoms with Gasteiger partial charge in [0.2, 0.25) is 23.2 Å². The Hall–Kier alpha value is -2.64. The lowest BCUT2D eigenvalue weighted by Gasteiger charge is -2.31. The molecule has 1 amide bonds. The molecule has 2 aromatic carbocycles. The molecule has 0 unspecified atom stereocenters. The Bertz CT molecular complexity index is 1180. The van der Waals surface area contributed by atoms with Gasteiger partial charge in [-0.2, -0.15) is 4.98 Å². The summed E-state index contributed by atoms with van der Waals surface area (Å²) in [6, 6.07) is 11.4. The second kappa shape index (κ2) is 9.08. The number of halogens is 1. The van der Waals surface area contributed by atoms with E-state index in [9.17, 15) is 4.79 Å². The summed E-state index contributed by atoms with van der Waals surface area (Å²) in [5, 5.41) is 9.89. The van der Waals surface area contributed by atoms with E-state index in [2.05, 4.69) is 29.0 Å². The molecule has 2 heterocycles. The van der Waals surface area contributed by atoms with Crippen LogP contribution in [0.3, 0.4) is 0 Å². The molecule has 0 aliphatic carbocycles. The van der Waals surface area contributed by atoms with Gasteiger partial charge in [-0.15, -0.1) is 10.2 Å². The van der Waals surface area contributed by atoms with Crippen LogP contribution in [-0.4, -0.2) is 26.8 Å². The minimum absolute atomic E-state index is 0.168. The van der Waals surface area contributed by atoms with Crippen LogP contribution in [0.5, 0.6) is 5.88 Å². The lowest BCUT2D eigenvalue weighted by Crippen LogP contribution is -2.36. The van der Waals surface area contributed by atoms with Crippen LogP contribution in [0.15, 0.2) is 41.6 Å². The van der Waals surface area contributed by atoms with E-state index >= 15 is 0 Å². The van der Waals surface area contributed by atoms with Crippen molar-refractivity contribution in [2.45, 2.75) is 46.0 Å². The summed E-state index contributed by atoms with van der Waals surface area (Å²) in [6.45, 7) is 9.79. The number of aryl methyl sites for hydroxylation is 2. The summed E-state index contributed by atoms with van der Waals surface area (Å²) in [5.41, 5.74) is 4.67. The van der Waals surface area contributed by atoms with Crippen molar-refractivity contribution in [1.29, 1.82) is 0 Å². The van der Waals surface area contributed by atoms with Gasteiger partial charge in [0.05, 0.1) is 5.69 Å². The number of thioether (sulfide) groups is 1. The highest BCUT2D eigenvalue weighted by atomic mass is 35.5. The first kappa shape index (κ1) is 22.6. The summed E-state index contributed by atoms with van der Waals surface area (Å²) in [7, 11) is 0. The predicted octanol–water partition coefficient (Wildman–Crippen LogP) is 6.00. The van der Waals surface area contributed by atoms with Gasteiger partial charge in [-0.05, 0) is 37.5 Å². The zero-order chi connectivity index (χ0) is 23.0. The van der Waals surface area contributed by atoms with Crippen molar-refractivity contribution in [2.75, 3.05) is 10.7 Å². The summed E-state index contributed by atoms with van der Waals surface area (Å²) in [4.78, 5) is 19.3. The molecule has 0 radical (unpaired) electrons. The largest absolute Gasteiger partial charge is 0.447 e. The van der Waals surface area contributed by atoms with Gasteiger partial charge in [0.25, 0.3) is 0 Å². The molecule has 1 aliphatic heterocycles. The first-order chi connectivity index (χ1) is 15.3. The topological polar surface area (TPSA) is 68.2 Å². The highest BCUT2D eigenvalue weighted by molar-refractivity contribution is 7.99. The average Bonchev–Trinajstić information content (AvgIpc) is 2.87. The normalized spacial score (nSPS) is 15.1. The second-order valence-corrected chi connectivity index (χ2v) is 9.71. The summed E-state index contributed by atoms with van der Waals surface area (Å²) >= 11 is 8.08. The van der Waals surface area contributed by atoms with Crippen LogP contribution in [0.25, 0.3) is 11.3 Å². The first-order valence-corrected chi connectivity index (χ1v) is 11.8. The van der Waals surface area contributed by atoms with Gasteiger partial charge in [-0.1, -0.05) is 67.0 Å². The van der Waals surface area contributed by atoms with Gasteiger partial charge < -0.3 is 4.74 Å². The SMILES string of the molecule is CC(=O)N1c2c(C)cc(C)cc2-c2nnc(SCC(C)C)nc2O[C@@H]1c1ccccc1Cl. The number of carbonyl (C=O) groups excluding carboxylic acids is 1. The number of nitrogens with zero attached hydrogens (tertiary/aromatic N) is 4. The number of anilines is 1. The van der Waals surface area contributed by atoms with E-state index in [1.165, 1.54) is 18.7 Å². The Morgan fingerprint density at radius 2 is 1.97 bits per heavy atom. The Balaban J connectivity index is 1.96. The number of rotatable bonds is 4. The highest BCUT2D eigenvalue weighted by Gasteiger charge is 2.36. The van der Waals surface area contributed by atoms with Crippen molar-refractivity contribution in [1.82, 2.24) is 15.2 Å². The minimum atomic E-state index is -0.790. The first-order valence-electron chi connectivity index (χ1n) is 10.5. The van der Waals surface area contributed by atoms with E-state index in [1.54, 1.807) is 11.0 Å². The molecule has 0 saturated carbocycles. The molecule has 166 valence electrons. The third kappa shape index (κ3) is 4.32. The smallest absolute Gasteiger partial charge is 0.247 e. The fourth-order valence-electron chi connectivity index (χ4n) is 3.79. The lowest BCUT2D eigenvalue weighted by molar-refractivity contribution is -0.118. The zero-order valence-corrected chi connectivity index (χ0v) is 20.3. The van der Waals surface area contributed by atoms with Crippen LogP contribution in [0.4, 0.5) is 5.69 Å². The van der Waals surface area contributed by atoms with Gasteiger partial charge in [-0.3, -0.25) is 9.69 Å². The number of carbonyl (C=O) groups is 1. The summed E-state index contributed by atoms with van der Waals surface area (Å²) in [6.07, 6.45) is -0.790. The number of amides is 1. The van der Waals surface area contributed by atoms with E-state index in [4.69, 9.17) is 16.3 Å². The fraction of sp³-hybridized carbons (Fsp3) is 0.333. The van der Waals surface area contributed by atoms with Crippen molar-refractivity contribution < 1.29 is 9.53 Å². The molecule has 0 saturated heterocycles. The van der Waals surface area contributed by atoms with Crippen molar-refractivity contribution in [3.05, 3.63) is 58.1 Å². The molecule has 8 heteroatoms. The van der Waals surface area contributed by atoms with Crippen molar-refractivity contribution >= 4 is 35.0 Å². The van der Waals surface area contributed by atoms with E-state index in [0.29, 0.717) is 33.2 Å². The number of hydrogen-bond donors (Lipinski definition) is 0. The van der Waals surface area contributed by atoms with Crippen molar-refractivity contribution in [3.63, 3.8) is 0 Å². The number of benzene rings is 2. The summed E-state index contributed by atoms with van der Waals surface area (Å²) < 4.78 is 6.42. The lowest BCUT2D eigenvalue weighted by atomic mass is 10.00. The Morgan fingerprint density at radius 3 is 2.66 bits per heavy atom. The standard InChI is InChI=1S/C24H25ClN4O2S/c1-13(2)12-32-24-26-22-20(27-28-24)18-11-14(3)10-15(4)21(18)29(16(5)30)23(31-22)17-8-6-7-9-19(17)25/h6-11,13,23H,12H2,1-5H3/t23-/m1/s1. The highest BCUT2D eigenvalue weighted by Crippen LogP contribution is 2.46. The number of fused-ring (bicyclic) bond motifs is 3. The Morgan fingerprint density at radius 1 is 1.22 bits per heavy atom. The Labute approximate surface area is 197 Å².